The number of amides is 2. The van der Waals surface area contributed by atoms with E-state index in [2.05, 4.69) is 5.32 Å². The summed E-state index contributed by atoms with van der Waals surface area (Å²) in [5.74, 6) is -5.49. The van der Waals surface area contributed by atoms with Crippen molar-refractivity contribution in [1.29, 1.82) is 0 Å². The minimum Gasteiger partial charge on any atom is -0.480 e. The van der Waals surface area contributed by atoms with Crippen LogP contribution in [0, 0.1) is 23.4 Å². The van der Waals surface area contributed by atoms with E-state index in [0.717, 1.165) is 0 Å². The molecule has 1 aliphatic heterocycles. The van der Waals surface area contributed by atoms with Crippen molar-refractivity contribution in [3.8, 4) is 0 Å². The summed E-state index contributed by atoms with van der Waals surface area (Å²) in [7, 11) is 0. The third-order valence-electron chi connectivity index (χ3n) is 5.22. The highest BCUT2D eigenvalue weighted by molar-refractivity contribution is 8.00. The van der Waals surface area contributed by atoms with Crippen LogP contribution in [0.25, 0.3) is 0 Å². The zero-order valence-electron chi connectivity index (χ0n) is 17.2. The number of thioether (sulfide) groups is 1. The average Bonchev–Trinajstić information content (AvgIpc) is 3.19. The molecule has 11 heteroatoms. The van der Waals surface area contributed by atoms with Gasteiger partial charge in [-0.2, -0.15) is 0 Å². The first-order valence-corrected chi connectivity index (χ1v) is 10.9. The van der Waals surface area contributed by atoms with Crippen LogP contribution in [0.15, 0.2) is 12.1 Å². The number of rotatable bonds is 9. The number of nitrogens with one attached hydrogen (secondary N) is 1. The predicted molar refractivity (Wildman–Crippen MR) is 110 cm³/mol. The Hall–Kier alpha value is -2.27. The van der Waals surface area contributed by atoms with E-state index >= 15 is 0 Å². The molecule has 1 aromatic rings. The lowest BCUT2D eigenvalue weighted by Gasteiger charge is -2.27. The van der Waals surface area contributed by atoms with E-state index in [-0.39, 0.29) is 30.9 Å². The van der Waals surface area contributed by atoms with Gasteiger partial charge in [0.2, 0.25) is 5.91 Å². The van der Waals surface area contributed by atoms with Gasteiger partial charge in [0.1, 0.15) is 11.9 Å². The van der Waals surface area contributed by atoms with E-state index in [1.807, 2.05) is 6.92 Å². The van der Waals surface area contributed by atoms with Crippen LogP contribution in [-0.2, 0) is 20.8 Å². The fourth-order valence-electron chi connectivity index (χ4n) is 3.27. The number of carbonyl (C=O) groups is 3. The van der Waals surface area contributed by atoms with Crippen LogP contribution in [0.2, 0.25) is 0 Å². The van der Waals surface area contributed by atoms with Crippen molar-refractivity contribution < 1.29 is 32.7 Å². The molecule has 0 aliphatic carbocycles. The van der Waals surface area contributed by atoms with Crippen molar-refractivity contribution >= 4 is 29.5 Å². The van der Waals surface area contributed by atoms with Crippen LogP contribution in [0.1, 0.15) is 32.3 Å². The summed E-state index contributed by atoms with van der Waals surface area (Å²) in [6, 6.07) is -0.826. The van der Waals surface area contributed by atoms with Gasteiger partial charge in [-0.1, -0.05) is 20.3 Å². The predicted octanol–water partition coefficient (Wildman–Crippen LogP) is 1.88. The molecule has 2 amide bonds. The van der Waals surface area contributed by atoms with Gasteiger partial charge in [0.15, 0.2) is 17.0 Å². The summed E-state index contributed by atoms with van der Waals surface area (Å²) in [5.41, 5.74) is 5.76. The number of benzene rings is 1. The topological polar surface area (TPSA) is 113 Å². The molecule has 4 N–H and O–H groups in total. The third-order valence-corrected chi connectivity index (χ3v) is 6.42. The summed E-state index contributed by atoms with van der Waals surface area (Å²) in [6.07, 6.45) is 0.116. The molecule has 0 saturated carbocycles. The largest absolute Gasteiger partial charge is 0.480 e. The molecular formula is C20H26F3N3O4S. The molecule has 0 radical (unpaired) electrons. The van der Waals surface area contributed by atoms with Crippen LogP contribution < -0.4 is 11.1 Å². The molecule has 2 rings (SSSR count). The highest BCUT2D eigenvalue weighted by Gasteiger charge is 2.37. The van der Waals surface area contributed by atoms with E-state index in [9.17, 15) is 32.7 Å². The number of carboxylic acids is 1. The minimum absolute atomic E-state index is 0.151. The maximum atomic E-state index is 13.8. The average molecular weight is 462 g/mol. The Morgan fingerprint density at radius 3 is 2.52 bits per heavy atom. The van der Waals surface area contributed by atoms with Crippen LogP contribution in [0.4, 0.5) is 13.2 Å². The Balaban J connectivity index is 2.01. The zero-order valence-corrected chi connectivity index (χ0v) is 18.1. The monoisotopic (exact) mass is 461 g/mol. The quantitative estimate of drug-likeness (QED) is 0.484. The van der Waals surface area contributed by atoms with E-state index in [1.54, 1.807) is 6.92 Å². The molecule has 0 aromatic heterocycles. The SMILES string of the molecule is CC[C@H](C)[C@H](NC(=O)C1SCCN1C(=O)CC(N)Cc1cc(F)c(F)cc1F)C(=O)O. The third kappa shape index (κ3) is 6.36. The van der Waals surface area contributed by atoms with Gasteiger partial charge in [-0.3, -0.25) is 9.59 Å². The molecular weight excluding hydrogens is 435 g/mol. The van der Waals surface area contributed by atoms with E-state index < -0.39 is 52.7 Å². The van der Waals surface area contributed by atoms with Gasteiger partial charge >= 0.3 is 5.97 Å². The second-order valence-electron chi connectivity index (χ2n) is 7.55. The first-order valence-electron chi connectivity index (χ1n) is 9.88. The second-order valence-corrected chi connectivity index (χ2v) is 8.73. The molecule has 31 heavy (non-hydrogen) atoms. The fourth-order valence-corrected chi connectivity index (χ4v) is 4.41. The van der Waals surface area contributed by atoms with Gasteiger partial charge in [0.25, 0.3) is 5.91 Å². The van der Waals surface area contributed by atoms with Gasteiger partial charge in [0, 0.05) is 30.8 Å². The summed E-state index contributed by atoms with van der Waals surface area (Å²) in [4.78, 5) is 38.1. The summed E-state index contributed by atoms with van der Waals surface area (Å²) < 4.78 is 40.2. The lowest BCUT2D eigenvalue weighted by atomic mass is 9.99. The normalized spacial score (nSPS) is 19.0. The van der Waals surface area contributed by atoms with Gasteiger partial charge in [-0.05, 0) is 24.0 Å². The molecule has 0 bridgehead atoms. The zero-order chi connectivity index (χ0) is 23.3. The van der Waals surface area contributed by atoms with Crippen LogP contribution >= 0.6 is 11.8 Å². The molecule has 0 spiro atoms. The van der Waals surface area contributed by atoms with Crippen molar-refractivity contribution in [2.45, 2.75) is 50.6 Å². The van der Waals surface area contributed by atoms with E-state index in [1.165, 1.54) is 16.7 Å². The first kappa shape index (κ1) is 25.0. The number of halogens is 3. The minimum atomic E-state index is -1.31. The smallest absolute Gasteiger partial charge is 0.326 e. The van der Waals surface area contributed by atoms with E-state index in [0.29, 0.717) is 24.3 Å². The highest BCUT2D eigenvalue weighted by atomic mass is 32.2. The Bertz CT molecular complexity index is 842. The van der Waals surface area contributed by atoms with Crippen LogP contribution in [-0.4, -0.2) is 57.5 Å². The Morgan fingerprint density at radius 2 is 1.90 bits per heavy atom. The number of hydrogen-bond acceptors (Lipinski definition) is 5. The van der Waals surface area contributed by atoms with Crippen molar-refractivity contribution in [1.82, 2.24) is 10.2 Å². The lowest BCUT2D eigenvalue weighted by Crippen LogP contribution is -2.52. The van der Waals surface area contributed by atoms with Crippen molar-refractivity contribution in [3.63, 3.8) is 0 Å². The van der Waals surface area contributed by atoms with Gasteiger partial charge in [-0.25, -0.2) is 18.0 Å². The van der Waals surface area contributed by atoms with E-state index in [4.69, 9.17) is 5.73 Å². The van der Waals surface area contributed by atoms with Crippen molar-refractivity contribution in [3.05, 3.63) is 35.1 Å². The summed E-state index contributed by atoms with van der Waals surface area (Å²) in [5, 5.41) is 11.0. The number of nitrogens with two attached hydrogens (primary N) is 1. The Kier molecular flexibility index (Phi) is 8.75. The molecule has 1 aliphatic rings. The van der Waals surface area contributed by atoms with Crippen molar-refractivity contribution in [2.75, 3.05) is 12.3 Å². The maximum Gasteiger partial charge on any atom is 0.326 e. The Labute approximate surface area is 182 Å². The number of carbonyl (C=O) groups excluding carboxylic acids is 2. The number of carboxylic acid groups (broad SMARTS) is 1. The molecule has 4 atom stereocenters. The van der Waals surface area contributed by atoms with Gasteiger partial charge in [0.05, 0.1) is 0 Å². The maximum absolute atomic E-state index is 13.8. The highest BCUT2D eigenvalue weighted by Crippen LogP contribution is 2.26. The Morgan fingerprint density at radius 1 is 1.26 bits per heavy atom. The standard InChI is InChI=1S/C20H26F3N3O4S/c1-3-10(2)17(20(29)30)25-18(28)19-26(4-5-31-19)16(27)8-12(24)6-11-7-14(22)15(23)9-13(11)21/h7,9-10,12,17,19H,3-6,8,24H2,1-2H3,(H,25,28)(H,29,30)/t10-,12?,17-,19?/m0/s1. The molecule has 172 valence electrons. The fraction of sp³-hybridized carbons (Fsp3) is 0.550. The number of aliphatic carboxylic acids is 1. The van der Waals surface area contributed by atoms with Crippen LogP contribution in [0.3, 0.4) is 0 Å². The van der Waals surface area contributed by atoms with Crippen molar-refractivity contribution in [2.24, 2.45) is 11.7 Å². The number of hydrogen-bond donors (Lipinski definition) is 3. The van der Waals surface area contributed by atoms with Gasteiger partial charge < -0.3 is 21.1 Å². The first-order chi connectivity index (χ1) is 14.5. The molecule has 1 saturated heterocycles. The molecule has 1 aromatic carbocycles. The number of nitrogens with zero attached hydrogens (tertiary/aromatic N) is 1. The second kappa shape index (κ2) is 10.9. The molecule has 7 nitrogen and oxygen atoms in total. The molecule has 2 unspecified atom stereocenters. The molecule has 1 heterocycles. The molecule has 1 fully saturated rings. The summed E-state index contributed by atoms with van der Waals surface area (Å²) in [6.45, 7) is 3.79. The van der Waals surface area contributed by atoms with Gasteiger partial charge in [-0.15, -0.1) is 11.8 Å². The van der Waals surface area contributed by atoms with Crippen LogP contribution in [0.5, 0.6) is 0 Å². The summed E-state index contributed by atoms with van der Waals surface area (Å²) >= 11 is 1.21. The lowest BCUT2D eigenvalue weighted by molar-refractivity contribution is -0.144.